The molecule has 0 aliphatic heterocycles. The third-order valence-corrected chi connectivity index (χ3v) is 4.29. The first-order chi connectivity index (χ1) is 9.10. The van der Waals surface area contributed by atoms with E-state index in [0.717, 1.165) is 11.4 Å². The zero-order valence-electron chi connectivity index (χ0n) is 10.8. The number of nitrogens with zero attached hydrogens (tertiary/aromatic N) is 2. The number of methoxy groups -OCH3 is 1. The Hall–Kier alpha value is -1.33. The molecule has 0 saturated carbocycles. The molecule has 1 aromatic heterocycles. The Labute approximate surface area is 119 Å². The molecule has 0 amide bonds. The van der Waals surface area contributed by atoms with Crippen molar-refractivity contribution in [1.29, 1.82) is 0 Å². The summed E-state index contributed by atoms with van der Waals surface area (Å²) in [6, 6.07) is 5.45. The van der Waals surface area contributed by atoms with Gasteiger partial charge in [0.1, 0.15) is 11.6 Å². The van der Waals surface area contributed by atoms with Gasteiger partial charge in [0.05, 0.1) is 17.9 Å². The second-order valence-electron chi connectivity index (χ2n) is 4.15. The molecule has 2 rings (SSSR count). The monoisotopic (exact) mass is 298 g/mol. The predicted molar refractivity (Wildman–Crippen MR) is 76.8 cm³/mol. The van der Waals surface area contributed by atoms with Gasteiger partial charge < -0.3 is 9.30 Å². The molecule has 0 bridgehead atoms. The first-order valence-electron chi connectivity index (χ1n) is 5.73. The van der Waals surface area contributed by atoms with Gasteiger partial charge in [-0.05, 0) is 17.7 Å². The number of aromatic nitrogens is 2. The van der Waals surface area contributed by atoms with Crippen LogP contribution >= 0.6 is 11.6 Å². The van der Waals surface area contributed by atoms with E-state index in [0.29, 0.717) is 22.3 Å². The molecule has 2 aromatic rings. The van der Waals surface area contributed by atoms with E-state index in [4.69, 9.17) is 16.3 Å². The van der Waals surface area contributed by atoms with Gasteiger partial charge in [-0.3, -0.25) is 4.21 Å². The fraction of sp³-hybridized carbons (Fsp3) is 0.308. The first kappa shape index (κ1) is 14.1. The Bertz CT molecular complexity index is 598. The molecular weight excluding hydrogens is 284 g/mol. The summed E-state index contributed by atoms with van der Waals surface area (Å²) in [7, 11) is 2.45. The lowest BCUT2D eigenvalue weighted by Gasteiger charge is -2.06. The van der Waals surface area contributed by atoms with Crippen LogP contribution in [0.25, 0.3) is 0 Å². The standard InChI is InChI=1S/C13H15ClN2O2S/c1-16-6-5-15-13(16)9-19(17)8-10-3-4-12(18-2)11(14)7-10/h3-7H,8-9H2,1-2H3. The Balaban J connectivity index is 2.03. The highest BCUT2D eigenvalue weighted by Gasteiger charge is 2.09. The van der Waals surface area contributed by atoms with Gasteiger partial charge in [-0.25, -0.2) is 4.98 Å². The van der Waals surface area contributed by atoms with E-state index in [1.54, 1.807) is 25.4 Å². The van der Waals surface area contributed by atoms with Gasteiger partial charge in [-0.15, -0.1) is 0 Å². The van der Waals surface area contributed by atoms with Gasteiger partial charge in [0.15, 0.2) is 0 Å². The Morgan fingerprint density at radius 2 is 2.21 bits per heavy atom. The summed E-state index contributed by atoms with van der Waals surface area (Å²) < 4.78 is 19.0. The molecule has 0 aliphatic rings. The van der Waals surface area contributed by atoms with Crippen molar-refractivity contribution in [1.82, 2.24) is 9.55 Å². The highest BCUT2D eigenvalue weighted by Crippen LogP contribution is 2.25. The minimum absolute atomic E-state index is 0.438. The maximum Gasteiger partial charge on any atom is 0.137 e. The van der Waals surface area contributed by atoms with E-state index >= 15 is 0 Å². The van der Waals surface area contributed by atoms with Crippen LogP contribution in [0, 0.1) is 0 Å². The molecule has 0 spiro atoms. The lowest BCUT2D eigenvalue weighted by Crippen LogP contribution is -2.05. The van der Waals surface area contributed by atoms with E-state index in [1.165, 1.54) is 0 Å². The molecule has 0 fully saturated rings. The molecule has 0 N–H and O–H groups in total. The predicted octanol–water partition coefficient (Wildman–Crippen LogP) is 2.53. The van der Waals surface area contributed by atoms with Gasteiger partial charge in [-0.2, -0.15) is 0 Å². The summed E-state index contributed by atoms with van der Waals surface area (Å²) in [5, 5.41) is 0.536. The molecule has 0 saturated heterocycles. The summed E-state index contributed by atoms with van der Waals surface area (Å²) in [6.07, 6.45) is 3.55. The molecule has 1 unspecified atom stereocenters. The van der Waals surface area contributed by atoms with Crippen molar-refractivity contribution in [3.8, 4) is 5.75 Å². The Morgan fingerprint density at radius 1 is 1.42 bits per heavy atom. The number of rotatable bonds is 5. The number of halogens is 1. The second kappa shape index (κ2) is 6.21. The second-order valence-corrected chi connectivity index (χ2v) is 6.02. The van der Waals surface area contributed by atoms with E-state index in [2.05, 4.69) is 4.98 Å². The third-order valence-electron chi connectivity index (χ3n) is 2.75. The lowest BCUT2D eigenvalue weighted by atomic mass is 10.2. The molecule has 0 aliphatic carbocycles. The molecule has 1 heterocycles. The number of aryl methyl sites for hydroxylation is 1. The summed E-state index contributed by atoms with van der Waals surface area (Å²) in [4.78, 5) is 4.17. The highest BCUT2D eigenvalue weighted by molar-refractivity contribution is 7.83. The number of hydrogen-bond acceptors (Lipinski definition) is 3. The number of ether oxygens (including phenoxy) is 1. The molecule has 1 atom stereocenters. The smallest absolute Gasteiger partial charge is 0.137 e. The fourth-order valence-electron chi connectivity index (χ4n) is 1.72. The van der Waals surface area contributed by atoms with Crippen LogP contribution < -0.4 is 4.74 Å². The summed E-state index contributed by atoms with van der Waals surface area (Å²) in [5.74, 6) is 2.34. The SMILES string of the molecule is COc1ccc(CS(=O)Cc2nccn2C)cc1Cl. The minimum atomic E-state index is -1.01. The van der Waals surface area contributed by atoms with Crippen LogP contribution in [0.5, 0.6) is 5.75 Å². The van der Waals surface area contributed by atoms with Crippen molar-refractivity contribution in [2.45, 2.75) is 11.5 Å². The average molecular weight is 299 g/mol. The fourth-order valence-corrected chi connectivity index (χ4v) is 3.22. The highest BCUT2D eigenvalue weighted by atomic mass is 35.5. The summed E-state index contributed by atoms with van der Waals surface area (Å²) in [6.45, 7) is 0. The zero-order valence-corrected chi connectivity index (χ0v) is 12.4. The van der Waals surface area contributed by atoms with Gasteiger partial charge in [-0.1, -0.05) is 17.7 Å². The maximum absolute atomic E-state index is 12.1. The quantitative estimate of drug-likeness (QED) is 0.852. The Morgan fingerprint density at radius 3 is 2.79 bits per heavy atom. The van der Waals surface area contributed by atoms with Gasteiger partial charge >= 0.3 is 0 Å². The van der Waals surface area contributed by atoms with Crippen molar-refractivity contribution in [2.75, 3.05) is 7.11 Å². The molecule has 102 valence electrons. The number of hydrogen-bond donors (Lipinski definition) is 0. The van der Waals surface area contributed by atoms with Crippen molar-refractivity contribution >= 4 is 22.4 Å². The van der Waals surface area contributed by atoms with Crippen LogP contribution in [0.4, 0.5) is 0 Å². The van der Waals surface area contributed by atoms with Crippen molar-refractivity contribution < 1.29 is 8.95 Å². The van der Waals surface area contributed by atoms with E-state index in [9.17, 15) is 4.21 Å². The normalized spacial score (nSPS) is 12.4. The van der Waals surface area contributed by atoms with Gasteiger partial charge in [0.2, 0.25) is 0 Å². The van der Waals surface area contributed by atoms with Gasteiger partial charge in [0, 0.05) is 36.0 Å². The molecule has 19 heavy (non-hydrogen) atoms. The molecular formula is C13H15ClN2O2S. The Kier molecular flexibility index (Phi) is 4.61. The number of imidazole rings is 1. The average Bonchev–Trinajstić information content (AvgIpc) is 2.75. The topological polar surface area (TPSA) is 44.1 Å². The largest absolute Gasteiger partial charge is 0.495 e. The summed E-state index contributed by atoms with van der Waals surface area (Å²) in [5.41, 5.74) is 0.929. The van der Waals surface area contributed by atoms with Crippen LogP contribution in [0.3, 0.4) is 0 Å². The van der Waals surface area contributed by atoms with Crippen LogP contribution in [-0.2, 0) is 29.4 Å². The lowest BCUT2D eigenvalue weighted by molar-refractivity contribution is 0.415. The molecule has 0 radical (unpaired) electrons. The van der Waals surface area contributed by atoms with E-state index in [1.807, 2.05) is 23.9 Å². The molecule has 6 heteroatoms. The number of benzene rings is 1. The van der Waals surface area contributed by atoms with Crippen molar-refractivity contribution in [3.05, 3.63) is 47.0 Å². The maximum atomic E-state index is 12.1. The van der Waals surface area contributed by atoms with Crippen molar-refractivity contribution in [2.24, 2.45) is 7.05 Å². The van der Waals surface area contributed by atoms with Crippen molar-refractivity contribution in [3.63, 3.8) is 0 Å². The minimum Gasteiger partial charge on any atom is -0.495 e. The first-order valence-corrected chi connectivity index (χ1v) is 7.60. The molecule has 1 aromatic carbocycles. The van der Waals surface area contributed by atoms with E-state index < -0.39 is 10.8 Å². The van der Waals surface area contributed by atoms with Crippen LogP contribution in [0.1, 0.15) is 11.4 Å². The van der Waals surface area contributed by atoms with Crippen LogP contribution in [0.15, 0.2) is 30.6 Å². The van der Waals surface area contributed by atoms with Crippen LogP contribution in [-0.4, -0.2) is 20.9 Å². The van der Waals surface area contributed by atoms with E-state index in [-0.39, 0.29) is 0 Å². The third kappa shape index (κ3) is 3.58. The van der Waals surface area contributed by atoms with Gasteiger partial charge in [0.25, 0.3) is 0 Å². The zero-order chi connectivity index (χ0) is 13.8. The van der Waals surface area contributed by atoms with Crippen LogP contribution in [0.2, 0.25) is 5.02 Å². The summed E-state index contributed by atoms with van der Waals surface area (Å²) >= 11 is 6.04. The molecule has 4 nitrogen and oxygen atoms in total.